The molecule has 0 aliphatic carbocycles. The van der Waals surface area contributed by atoms with Crippen LogP contribution in [-0.2, 0) is 0 Å². The van der Waals surface area contributed by atoms with Gasteiger partial charge in [0.05, 0.1) is 18.4 Å². The molecule has 0 unspecified atom stereocenters. The predicted octanol–water partition coefficient (Wildman–Crippen LogP) is 3.30. The summed E-state index contributed by atoms with van der Waals surface area (Å²) in [5.74, 6) is -1.11. The van der Waals surface area contributed by atoms with E-state index in [2.05, 4.69) is 5.32 Å². The second-order valence-corrected chi connectivity index (χ2v) is 4.61. The molecule has 21 heavy (non-hydrogen) atoms. The van der Waals surface area contributed by atoms with Crippen LogP contribution in [0.1, 0.15) is 20.7 Å². The molecule has 0 fully saturated rings. The van der Waals surface area contributed by atoms with Gasteiger partial charge in [0.1, 0.15) is 5.75 Å². The fourth-order valence-corrected chi connectivity index (χ4v) is 1.86. The quantitative estimate of drug-likeness (QED) is 0.908. The number of anilines is 1. The van der Waals surface area contributed by atoms with Gasteiger partial charge in [-0.05, 0) is 36.4 Å². The summed E-state index contributed by atoms with van der Waals surface area (Å²) < 4.78 is 5.03. The Morgan fingerprint density at radius 3 is 2.38 bits per heavy atom. The highest BCUT2D eigenvalue weighted by molar-refractivity contribution is 6.30. The molecule has 0 atom stereocenters. The number of methoxy groups -OCH3 is 1. The minimum absolute atomic E-state index is 0.0156. The van der Waals surface area contributed by atoms with E-state index in [0.29, 0.717) is 16.3 Å². The SMILES string of the molecule is COc1ccc(C(=O)O)c(NC(=O)c2ccc(Cl)cc2)c1. The van der Waals surface area contributed by atoms with Crippen molar-refractivity contribution in [2.24, 2.45) is 0 Å². The zero-order valence-corrected chi connectivity index (χ0v) is 11.8. The molecule has 6 heteroatoms. The Morgan fingerprint density at radius 2 is 1.81 bits per heavy atom. The molecular formula is C15H12ClNO4. The van der Waals surface area contributed by atoms with Gasteiger partial charge in [0.25, 0.3) is 5.91 Å². The largest absolute Gasteiger partial charge is 0.497 e. The number of benzene rings is 2. The fraction of sp³-hybridized carbons (Fsp3) is 0.0667. The van der Waals surface area contributed by atoms with Crippen molar-refractivity contribution < 1.29 is 19.4 Å². The van der Waals surface area contributed by atoms with E-state index in [0.717, 1.165) is 0 Å². The van der Waals surface area contributed by atoms with Gasteiger partial charge in [0.2, 0.25) is 0 Å². The fourth-order valence-electron chi connectivity index (χ4n) is 1.74. The summed E-state index contributed by atoms with van der Waals surface area (Å²) in [5.41, 5.74) is 0.526. The molecule has 0 saturated heterocycles. The average molecular weight is 306 g/mol. The summed E-state index contributed by atoms with van der Waals surface area (Å²) in [6.07, 6.45) is 0. The third-order valence-electron chi connectivity index (χ3n) is 2.81. The molecule has 0 aromatic heterocycles. The molecule has 0 bridgehead atoms. The number of carbonyl (C=O) groups is 2. The molecule has 0 aliphatic rings. The van der Waals surface area contributed by atoms with E-state index in [1.807, 2.05) is 0 Å². The maximum Gasteiger partial charge on any atom is 0.337 e. The number of aromatic carboxylic acids is 1. The first-order valence-corrected chi connectivity index (χ1v) is 6.37. The number of carboxylic acid groups (broad SMARTS) is 1. The smallest absolute Gasteiger partial charge is 0.337 e. The number of halogens is 1. The first-order valence-electron chi connectivity index (χ1n) is 5.99. The van der Waals surface area contributed by atoms with E-state index in [-0.39, 0.29) is 11.3 Å². The van der Waals surface area contributed by atoms with Crippen LogP contribution in [0.3, 0.4) is 0 Å². The van der Waals surface area contributed by atoms with E-state index in [9.17, 15) is 9.59 Å². The van der Waals surface area contributed by atoms with Crippen molar-refractivity contribution >= 4 is 29.2 Å². The maximum atomic E-state index is 12.1. The number of ether oxygens (including phenoxy) is 1. The summed E-state index contributed by atoms with van der Waals surface area (Å²) in [6.45, 7) is 0. The Morgan fingerprint density at radius 1 is 1.14 bits per heavy atom. The molecule has 2 aromatic carbocycles. The zero-order chi connectivity index (χ0) is 15.4. The van der Waals surface area contributed by atoms with E-state index in [1.54, 1.807) is 24.3 Å². The standard InChI is InChI=1S/C15H12ClNO4/c1-21-11-6-7-12(15(19)20)13(8-11)17-14(18)9-2-4-10(16)5-3-9/h2-8H,1H3,(H,17,18)(H,19,20). The topological polar surface area (TPSA) is 75.6 Å². The summed E-state index contributed by atoms with van der Waals surface area (Å²) >= 11 is 5.76. The van der Waals surface area contributed by atoms with E-state index in [4.69, 9.17) is 21.4 Å². The number of carbonyl (C=O) groups excluding carboxylic acids is 1. The van der Waals surface area contributed by atoms with Crippen LogP contribution in [-0.4, -0.2) is 24.1 Å². The van der Waals surface area contributed by atoms with Crippen molar-refractivity contribution in [2.45, 2.75) is 0 Å². The van der Waals surface area contributed by atoms with E-state index >= 15 is 0 Å². The Bertz CT molecular complexity index is 683. The van der Waals surface area contributed by atoms with Crippen LogP contribution in [0.15, 0.2) is 42.5 Å². The number of amides is 1. The van der Waals surface area contributed by atoms with E-state index in [1.165, 1.54) is 25.3 Å². The highest BCUT2D eigenvalue weighted by Crippen LogP contribution is 2.23. The van der Waals surface area contributed by atoms with Crippen molar-refractivity contribution in [2.75, 3.05) is 12.4 Å². The highest BCUT2D eigenvalue weighted by Gasteiger charge is 2.14. The van der Waals surface area contributed by atoms with Gasteiger partial charge in [-0.1, -0.05) is 11.6 Å². The van der Waals surface area contributed by atoms with Crippen molar-refractivity contribution in [3.8, 4) is 5.75 Å². The van der Waals surface area contributed by atoms with Gasteiger partial charge in [-0.15, -0.1) is 0 Å². The lowest BCUT2D eigenvalue weighted by Gasteiger charge is -2.10. The van der Waals surface area contributed by atoms with Crippen LogP contribution in [0.5, 0.6) is 5.75 Å². The number of carboxylic acids is 1. The van der Waals surface area contributed by atoms with Crippen molar-refractivity contribution in [1.29, 1.82) is 0 Å². The molecule has 2 rings (SSSR count). The van der Waals surface area contributed by atoms with Gasteiger partial charge in [-0.2, -0.15) is 0 Å². The summed E-state index contributed by atoms with van der Waals surface area (Å²) in [7, 11) is 1.46. The summed E-state index contributed by atoms with van der Waals surface area (Å²) in [5, 5.41) is 12.2. The van der Waals surface area contributed by atoms with Crippen LogP contribution in [0, 0.1) is 0 Å². The third kappa shape index (κ3) is 3.52. The van der Waals surface area contributed by atoms with Crippen molar-refractivity contribution in [1.82, 2.24) is 0 Å². The molecule has 0 aliphatic heterocycles. The summed E-state index contributed by atoms with van der Waals surface area (Å²) in [4.78, 5) is 23.3. The lowest BCUT2D eigenvalue weighted by Crippen LogP contribution is -2.14. The third-order valence-corrected chi connectivity index (χ3v) is 3.06. The number of hydrogen-bond acceptors (Lipinski definition) is 3. The second kappa shape index (κ2) is 6.28. The van der Waals surface area contributed by atoms with Crippen molar-refractivity contribution in [3.05, 3.63) is 58.6 Å². The molecular weight excluding hydrogens is 294 g/mol. The lowest BCUT2D eigenvalue weighted by molar-refractivity contribution is 0.0698. The normalized spacial score (nSPS) is 10.0. The molecule has 0 heterocycles. The van der Waals surface area contributed by atoms with Crippen LogP contribution in [0.2, 0.25) is 5.02 Å². The van der Waals surface area contributed by atoms with Crippen LogP contribution in [0.25, 0.3) is 0 Å². The van der Waals surface area contributed by atoms with Crippen LogP contribution < -0.4 is 10.1 Å². The molecule has 2 aromatic rings. The monoisotopic (exact) mass is 305 g/mol. The highest BCUT2D eigenvalue weighted by atomic mass is 35.5. The molecule has 0 saturated carbocycles. The maximum absolute atomic E-state index is 12.1. The summed E-state index contributed by atoms with van der Waals surface area (Å²) in [6, 6.07) is 10.6. The number of hydrogen-bond donors (Lipinski definition) is 2. The van der Waals surface area contributed by atoms with Gasteiger partial charge in [-0.25, -0.2) is 4.79 Å². The predicted molar refractivity (Wildman–Crippen MR) is 79.4 cm³/mol. The molecule has 5 nitrogen and oxygen atoms in total. The van der Waals surface area contributed by atoms with Crippen LogP contribution in [0.4, 0.5) is 5.69 Å². The van der Waals surface area contributed by atoms with Gasteiger partial charge >= 0.3 is 5.97 Å². The second-order valence-electron chi connectivity index (χ2n) is 4.18. The molecule has 2 N–H and O–H groups in total. The minimum Gasteiger partial charge on any atom is -0.497 e. The Kier molecular flexibility index (Phi) is 4.45. The Hall–Kier alpha value is -2.53. The molecule has 0 spiro atoms. The lowest BCUT2D eigenvalue weighted by atomic mass is 10.1. The van der Waals surface area contributed by atoms with E-state index < -0.39 is 11.9 Å². The minimum atomic E-state index is -1.14. The molecule has 108 valence electrons. The average Bonchev–Trinajstić information content (AvgIpc) is 2.47. The Labute approximate surface area is 126 Å². The van der Waals surface area contributed by atoms with Crippen molar-refractivity contribution in [3.63, 3.8) is 0 Å². The molecule has 0 radical (unpaired) electrons. The number of nitrogens with one attached hydrogen (secondary N) is 1. The van der Waals surface area contributed by atoms with Gasteiger partial charge < -0.3 is 15.2 Å². The number of rotatable bonds is 4. The first-order chi connectivity index (χ1) is 10.0. The van der Waals surface area contributed by atoms with Crippen LogP contribution >= 0.6 is 11.6 Å². The van der Waals surface area contributed by atoms with Gasteiger partial charge in [0, 0.05) is 16.7 Å². The van der Waals surface area contributed by atoms with Gasteiger partial charge in [0.15, 0.2) is 0 Å². The zero-order valence-electron chi connectivity index (χ0n) is 11.1. The van der Waals surface area contributed by atoms with Gasteiger partial charge in [-0.3, -0.25) is 4.79 Å². The first kappa shape index (κ1) is 14.9. The molecule has 1 amide bonds. The Balaban J connectivity index is 2.31.